The van der Waals surface area contributed by atoms with Crippen molar-refractivity contribution in [1.29, 1.82) is 0 Å². The van der Waals surface area contributed by atoms with Gasteiger partial charge in [0, 0.05) is 12.7 Å². The SMILES string of the molecule is Cc1ccc(CNc2cnn(CC(N)=O)c2)cc1C. The van der Waals surface area contributed by atoms with E-state index in [1.54, 1.807) is 12.4 Å². The third-order valence-corrected chi connectivity index (χ3v) is 3.02. The minimum absolute atomic E-state index is 0.102. The highest BCUT2D eigenvalue weighted by molar-refractivity contribution is 5.73. The topological polar surface area (TPSA) is 72.9 Å². The van der Waals surface area contributed by atoms with Crippen LogP contribution in [0.4, 0.5) is 5.69 Å². The van der Waals surface area contributed by atoms with Crippen molar-refractivity contribution in [3.63, 3.8) is 0 Å². The molecule has 1 aromatic heterocycles. The number of amides is 1. The largest absolute Gasteiger partial charge is 0.378 e. The molecular formula is C14H18N4O. The highest BCUT2D eigenvalue weighted by Crippen LogP contribution is 2.12. The molecule has 0 spiro atoms. The molecule has 5 heteroatoms. The average molecular weight is 258 g/mol. The maximum atomic E-state index is 10.8. The lowest BCUT2D eigenvalue weighted by Gasteiger charge is -2.06. The van der Waals surface area contributed by atoms with Crippen LogP contribution < -0.4 is 11.1 Å². The fourth-order valence-electron chi connectivity index (χ4n) is 1.82. The Hall–Kier alpha value is -2.30. The number of carbonyl (C=O) groups is 1. The zero-order chi connectivity index (χ0) is 13.8. The maximum Gasteiger partial charge on any atom is 0.239 e. The van der Waals surface area contributed by atoms with Crippen molar-refractivity contribution >= 4 is 11.6 Å². The number of hydrogen-bond donors (Lipinski definition) is 2. The number of rotatable bonds is 5. The van der Waals surface area contributed by atoms with Gasteiger partial charge in [0.25, 0.3) is 0 Å². The fourth-order valence-corrected chi connectivity index (χ4v) is 1.82. The molecule has 1 heterocycles. The molecule has 2 aromatic rings. The van der Waals surface area contributed by atoms with Crippen LogP contribution in [0.2, 0.25) is 0 Å². The Labute approximate surface area is 112 Å². The third kappa shape index (κ3) is 3.58. The lowest BCUT2D eigenvalue weighted by molar-refractivity contribution is -0.118. The summed E-state index contributed by atoms with van der Waals surface area (Å²) in [4.78, 5) is 10.8. The summed E-state index contributed by atoms with van der Waals surface area (Å²) in [6.07, 6.45) is 3.45. The standard InChI is InChI=1S/C14H18N4O/c1-10-3-4-12(5-11(10)2)6-16-13-7-17-18(8-13)9-14(15)19/h3-5,7-8,16H,6,9H2,1-2H3,(H2,15,19). The number of nitrogens with one attached hydrogen (secondary N) is 1. The van der Waals surface area contributed by atoms with Crippen molar-refractivity contribution in [2.45, 2.75) is 26.9 Å². The molecule has 1 aromatic carbocycles. The number of hydrogen-bond acceptors (Lipinski definition) is 3. The number of anilines is 1. The second kappa shape index (κ2) is 5.56. The first-order valence-corrected chi connectivity index (χ1v) is 6.15. The Morgan fingerprint density at radius 3 is 2.84 bits per heavy atom. The highest BCUT2D eigenvalue weighted by Gasteiger charge is 2.01. The quantitative estimate of drug-likeness (QED) is 0.855. The van der Waals surface area contributed by atoms with Crippen LogP contribution in [0.15, 0.2) is 30.6 Å². The predicted molar refractivity (Wildman–Crippen MR) is 74.7 cm³/mol. The van der Waals surface area contributed by atoms with E-state index in [4.69, 9.17) is 5.73 Å². The lowest BCUT2D eigenvalue weighted by Crippen LogP contribution is -2.18. The summed E-state index contributed by atoms with van der Waals surface area (Å²) in [5.74, 6) is -0.399. The molecule has 0 fully saturated rings. The Balaban J connectivity index is 1.96. The Morgan fingerprint density at radius 1 is 1.37 bits per heavy atom. The summed E-state index contributed by atoms with van der Waals surface area (Å²) in [6.45, 7) is 5.03. The number of aryl methyl sites for hydroxylation is 2. The van der Waals surface area contributed by atoms with Crippen LogP contribution in [0, 0.1) is 13.8 Å². The van der Waals surface area contributed by atoms with Gasteiger partial charge in [-0.05, 0) is 30.5 Å². The van der Waals surface area contributed by atoms with E-state index < -0.39 is 5.91 Å². The van der Waals surface area contributed by atoms with Gasteiger partial charge in [0.2, 0.25) is 5.91 Å². The summed E-state index contributed by atoms with van der Waals surface area (Å²) < 4.78 is 1.52. The molecule has 1 amide bonds. The molecule has 3 N–H and O–H groups in total. The van der Waals surface area contributed by atoms with E-state index in [9.17, 15) is 4.79 Å². The van der Waals surface area contributed by atoms with E-state index in [-0.39, 0.29) is 6.54 Å². The van der Waals surface area contributed by atoms with Crippen molar-refractivity contribution in [3.05, 3.63) is 47.3 Å². The van der Waals surface area contributed by atoms with Gasteiger partial charge in [0.1, 0.15) is 6.54 Å². The number of carbonyl (C=O) groups excluding carboxylic acids is 1. The molecule has 5 nitrogen and oxygen atoms in total. The summed E-state index contributed by atoms with van der Waals surface area (Å²) >= 11 is 0. The second-order valence-electron chi connectivity index (χ2n) is 4.67. The van der Waals surface area contributed by atoms with Gasteiger partial charge in [0.15, 0.2) is 0 Å². The van der Waals surface area contributed by atoms with E-state index in [0.29, 0.717) is 0 Å². The van der Waals surface area contributed by atoms with E-state index in [0.717, 1.165) is 12.2 Å². The Kier molecular flexibility index (Phi) is 3.85. The average Bonchev–Trinajstić information content (AvgIpc) is 2.77. The van der Waals surface area contributed by atoms with Crippen molar-refractivity contribution in [2.24, 2.45) is 5.73 Å². The summed E-state index contributed by atoms with van der Waals surface area (Å²) in [5, 5.41) is 7.32. The number of primary amides is 1. The molecule has 19 heavy (non-hydrogen) atoms. The van der Waals surface area contributed by atoms with E-state index in [2.05, 4.69) is 42.5 Å². The molecule has 100 valence electrons. The zero-order valence-electron chi connectivity index (χ0n) is 11.2. The number of aromatic nitrogens is 2. The smallest absolute Gasteiger partial charge is 0.239 e. The van der Waals surface area contributed by atoms with Crippen LogP contribution in [-0.4, -0.2) is 15.7 Å². The number of nitrogens with zero attached hydrogens (tertiary/aromatic N) is 2. The highest BCUT2D eigenvalue weighted by atomic mass is 16.1. The van der Waals surface area contributed by atoms with Crippen LogP contribution >= 0.6 is 0 Å². The summed E-state index contributed by atoms with van der Waals surface area (Å²) in [7, 11) is 0. The van der Waals surface area contributed by atoms with Gasteiger partial charge < -0.3 is 11.1 Å². The van der Waals surface area contributed by atoms with Gasteiger partial charge >= 0.3 is 0 Å². The summed E-state index contributed by atoms with van der Waals surface area (Å²) in [5.41, 5.74) is 9.77. The second-order valence-corrected chi connectivity index (χ2v) is 4.67. The third-order valence-electron chi connectivity index (χ3n) is 3.02. The molecule has 0 unspecified atom stereocenters. The van der Waals surface area contributed by atoms with Crippen LogP contribution in [0.1, 0.15) is 16.7 Å². The minimum atomic E-state index is -0.399. The van der Waals surface area contributed by atoms with Gasteiger partial charge in [-0.3, -0.25) is 9.48 Å². The van der Waals surface area contributed by atoms with Gasteiger partial charge in [-0.15, -0.1) is 0 Å². The van der Waals surface area contributed by atoms with Crippen LogP contribution in [-0.2, 0) is 17.9 Å². The maximum absolute atomic E-state index is 10.8. The van der Waals surface area contributed by atoms with Crippen molar-refractivity contribution in [3.8, 4) is 0 Å². The predicted octanol–water partition coefficient (Wildman–Crippen LogP) is 1.60. The molecule has 0 atom stereocenters. The first kappa shape index (κ1) is 13.1. The molecular weight excluding hydrogens is 240 g/mol. The van der Waals surface area contributed by atoms with Gasteiger partial charge in [0.05, 0.1) is 11.9 Å². The van der Waals surface area contributed by atoms with Gasteiger partial charge in [-0.25, -0.2) is 0 Å². The molecule has 0 aliphatic rings. The van der Waals surface area contributed by atoms with Crippen LogP contribution in [0.3, 0.4) is 0 Å². The molecule has 0 saturated carbocycles. The van der Waals surface area contributed by atoms with E-state index in [1.165, 1.54) is 21.4 Å². The monoisotopic (exact) mass is 258 g/mol. The van der Waals surface area contributed by atoms with E-state index >= 15 is 0 Å². The number of nitrogens with two attached hydrogens (primary N) is 1. The molecule has 0 saturated heterocycles. The van der Waals surface area contributed by atoms with Gasteiger partial charge in [-0.2, -0.15) is 5.10 Å². The minimum Gasteiger partial charge on any atom is -0.378 e. The normalized spacial score (nSPS) is 10.4. The van der Waals surface area contributed by atoms with Crippen LogP contribution in [0.5, 0.6) is 0 Å². The molecule has 2 rings (SSSR count). The zero-order valence-corrected chi connectivity index (χ0v) is 11.2. The van der Waals surface area contributed by atoms with Crippen LogP contribution in [0.25, 0.3) is 0 Å². The Bertz CT molecular complexity index is 589. The number of benzene rings is 1. The molecule has 0 aliphatic heterocycles. The van der Waals surface area contributed by atoms with Crippen molar-refractivity contribution in [1.82, 2.24) is 9.78 Å². The van der Waals surface area contributed by atoms with Crippen molar-refractivity contribution < 1.29 is 4.79 Å². The lowest BCUT2D eigenvalue weighted by atomic mass is 10.1. The Morgan fingerprint density at radius 2 is 2.16 bits per heavy atom. The van der Waals surface area contributed by atoms with E-state index in [1.807, 2.05) is 0 Å². The molecule has 0 aliphatic carbocycles. The first-order chi connectivity index (χ1) is 9.04. The van der Waals surface area contributed by atoms with Gasteiger partial charge in [-0.1, -0.05) is 18.2 Å². The fraction of sp³-hybridized carbons (Fsp3) is 0.286. The molecule has 0 radical (unpaired) electrons. The summed E-state index contributed by atoms with van der Waals surface area (Å²) in [6, 6.07) is 6.38. The van der Waals surface area contributed by atoms with Crippen molar-refractivity contribution in [2.75, 3.05) is 5.32 Å². The first-order valence-electron chi connectivity index (χ1n) is 6.15. The molecule has 0 bridgehead atoms.